The maximum Gasteiger partial charge on any atom is 0.248 e. The first-order valence-corrected chi connectivity index (χ1v) is 9.40. The molecule has 0 spiro atoms. The minimum Gasteiger partial charge on any atom is -0.378 e. The van der Waals surface area contributed by atoms with E-state index >= 15 is 0 Å². The number of benzene rings is 1. The lowest BCUT2D eigenvalue weighted by atomic mass is 9.93. The fourth-order valence-electron chi connectivity index (χ4n) is 3.02. The quantitative estimate of drug-likeness (QED) is 0.433. The minimum absolute atomic E-state index is 0.0377. The molecule has 0 aliphatic carbocycles. The molecule has 1 amide bonds. The summed E-state index contributed by atoms with van der Waals surface area (Å²) >= 11 is 0. The Morgan fingerprint density at radius 2 is 1.78 bits per heavy atom. The van der Waals surface area contributed by atoms with Gasteiger partial charge in [0.2, 0.25) is 5.91 Å². The summed E-state index contributed by atoms with van der Waals surface area (Å²) in [7, 11) is 1.88. The van der Waals surface area contributed by atoms with E-state index in [0.717, 1.165) is 23.2 Å². The normalized spacial score (nSPS) is 13.5. The highest BCUT2D eigenvalue weighted by atomic mass is 16.5. The number of ether oxygens (including phenoxy) is 3. The Bertz CT molecular complexity index is 620. The van der Waals surface area contributed by atoms with Crippen LogP contribution in [0, 0.1) is 0 Å². The second-order valence-corrected chi connectivity index (χ2v) is 6.45. The summed E-state index contributed by atoms with van der Waals surface area (Å²) in [6.07, 6.45) is 0.702. The van der Waals surface area contributed by atoms with E-state index in [1.54, 1.807) is 11.8 Å². The van der Waals surface area contributed by atoms with Gasteiger partial charge in [-0.3, -0.25) is 9.59 Å². The van der Waals surface area contributed by atoms with Crippen molar-refractivity contribution >= 4 is 11.7 Å². The molecule has 0 bridgehead atoms. The lowest BCUT2D eigenvalue weighted by molar-refractivity contribution is -0.137. The summed E-state index contributed by atoms with van der Waals surface area (Å²) in [5.41, 5.74) is 2.88. The van der Waals surface area contributed by atoms with Crippen LogP contribution in [0.25, 0.3) is 0 Å². The summed E-state index contributed by atoms with van der Waals surface area (Å²) in [5, 5.41) is 3.00. The van der Waals surface area contributed by atoms with Crippen molar-refractivity contribution in [2.45, 2.75) is 19.9 Å². The number of hydrogen-bond donors (Lipinski definition) is 1. The third kappa shape index (κ3) is 7.03. The summed E-state index contributed by atoms with van der Waals surface area (Å²) in [5.74, 6) is 0.0340. The van der Waals surface area contributed by atoms with E-state index < -0.39 is 0 Å². The zero-order valence-corrected chi connectivity index (χ0v) is 16.3. The molecule has 1 aromatic rings. The molecule has 0 radical (unpaired) electrons. The monoisotopic (exact) mass is 378 g/mol. The molecule has 0 aromatic heterocycles. The molecule has 0 fully saturated rings. The Hall–Kier alpha value is -1.80. The Balaban J connectivity index is 1.62. The van der Waals surface area contributed by atoms with Gasteiger partial charge in [0.15, 0.2) is 5.78 Å². The number of hydrogen-bond acceptors (Lipinski definition) is 6. The zero-order valence-electron chi connectivity index (χ0n) is 16.3. The van der Waals surface area contributed by atoms with Crippen molar-refractivity contribution < 1.29 is 23.8 Å². The number of carbonyl (C=O) groups excluding carboxylic acids is 2. The van der Waals surface area contributed by atoms with E-state index in [2.05, 4.69) is 5.32 Å². The van der Waals surface area contributed by atoms with Gasteiger partial charge in [-0.25, -0.2) is 0 Å². The lowest BCUT2D eigenvalue weighted by Gasteiger charge is -2.29. The van der Waals surface area contributed by atoms with Crippen molar-refractivity contribution in [2.75, 3.05) is 59.8 Å². The molecular formula is C20H30N2O5. The first-order valence-electron chi connectivity index (χ1n) is 9.40. The van der Waals surface area contributed by atoms with Crippen molar-refractivity contribution in [1.29, 1.82) is 0 Å². The van der Waals surface area contributed by atoms with E-state index in [-0.39, 0.29) is 18.3 Å². The van der Waals surface area contributed by atoms with Crippen molar-refractivity contribution in [3.05, 3.63) is 34.9 Å². The van der Waals surface area contributed by atoms with Crippen LogP contribution < -0.4 is 5.32 Å². The molecule has 7 heteroatoms. The fraction of sp³-hybridized carbons (Fsp3) is 0.600. The first kappa shape index (κ1) is 21.5. The van der Waals surface area contributed by atoms with Gasteiger partial charge in [-0.1, -0.05) is 18.2 Å². The Kier molecular flexibility index (Phi) is 9.41. The fourth-order valence-corrected chi connectivity index (χ4v) is 3.02. The van der Waals surface area contributed by atoms with Crippen LogP contribution in [0.4, 0.5) is 0 Å². The summed E-state index contributed by atoms with van der Waals surface area (Å²) in [6.45, 7) is 6.13. The molecule has 0 atom stereocenters. The zero-order chi connectivity index (χ0) is 19.5. The van der Waals surface area contributed by atoms with Gasteiger partial charge in [0.05, 0.1) is 33.0 Å². The maximum absolute atomic E-state index is 12.3. The average molecular weight is 378 g/mol. The molecule has 1 aliphatic heterocycles. The summed E-state index contributed by atoms with van der Waals surface area (Å²) in [4.78, 5) is 25.8. The van der Waals surface area contributed by atoms with Crippen LogP contribution in [0.2, 0.25) is 0 Å². The van der Waals surface area contributed by atoms with E-state index in [4.69, 9.17) is 14.2 Å². The van der Waals surface area contributed by atoms with E-state index in [0.29, 0.717) is 52.5 Å². The molecule has 1 N–H and O–H groups in total. The van der Waals surface area contributed by atoms with E-state index in [1.165, 1.54) is 0 Å². The van der Waals surface area contributed by atoms with Gasteiger partial charge < -0.3 is 24.4 Å². The van der Waals surface area contributed by atoms with Crippen LogP contribution in [0.15, 0.2) is 18.2 Å². The first-order chi connectivity index (χ1) is 13.1. The Morgan fingerprint density at radius 3 is 2.48 bits per heavy atom. The van der Waals surface area contributed by atoms with Crippen LogP contribution in [-0.2, 0) is 32.0 Å². The number of rotatable bonds is 12. The molecular weight excluding hydrogens is 348 g/mol. The highest BCUT2D eigenvalue weighted by molar-refractivity contribution is 5.96. The van der Waals surface area contributed by atoms with Crippen LogP contribution in [-0.4, -0.2) is 76.4 Å². The highest BCUT2D eigenvalue weighted by Gasteiger charge is 2.23. The van der Waals surface area contributed by atoms with Crippen LogP contribution >= 0.6 is 0 Å². The standard InChI is InChI=1S/C20H30N2O5/c1-16(23)18-5-3-4-17-14-22(8-6-19(17)18)20(24)15-27-13-12-26-11-10-25-9-7-21-2/h3-5,21H,6-15H2,1-2H3. The van der Waals surface area contributed by atoms with Crippen LogP contribution in [0.3, 0.4) is 0 Å². The molecule has 150 valence electrons. The molecule has 1 heterocycles. The maximum atomic E-state index is 12.3. The predicted molar refractivity (Wildman–Crippen MR) is 102 cm³/mol. The SMILES string of the molecule is CNCCOCCOCCOCC(=O)N1CCc2c(cccc2C(C)=O)C1. The second-order valence-electron chi connectivity index (χ2n) is 6.45. The van der Waals surface area contributed by atoms with Gasteiger partial charge in [0.25, 0.3) is 0 Å². The third-order valence-corrected chi connectivity index (χ3v) is 4.46. The topological polar surface area (TPSA) is 77.1 Å². The van der Waals surface area contributed by atoms with E-state index in [9.17, 15) is 9.59 Å². The highest BCUT2D eigenvalue weighted by Crippen LogP contribution is 2.23. The average Bonchev–Trinajstić information content (AvgIpc) is 2.68. The predicted octanol–water partition coefficient (Wildman–Crippen LogP) is 1.04. The van der Waals surface area contributed by atoms with Crippen molar-refractivity contribution in [3.63, 3.8) is 0 Å². The van der Waals surface area contributed by atoms with Gasteiger partial charge in [-0.05, 0) is 31.5 Å². The molecule has 1 aromatic carbocycles. The minimum atomic E-state index is -0.0377. The van der Waals surface area contributed by atoms with Gasteiger partial charge in [0, 0.05) is 25.2 Å². The van der Waals surface area contributed by atoms with Gasteiger partial charge in [0.1, 0.15) is 6.61 Å². The van der Waals surface area contributed by atoms with Crippen LogP contribution in [0.5, 0.6) is 0 Å². The van der Waals surface area contributed by atoms with Crippen molar-refractivity contribution in [3.8, 4) is 0 Å². The second kappa shape index (κ2) is 11.8. The smallest absolute Gasteiger partial charge is 0.248 e. The molecule has 0 unspecified atom stereocenters. The number of fused-ring (bicyclic) bond motifs is 1. The van der Waals surface area contributed by atoms with Gasteiger partial charge >= 0.3 is 0 Å². The third-order valence-electron chi connectivity index (χ3n) is 4.46. The summed E-state index contributed by atoms with van der Waals surface area (Å²) in [6, 6.07) is 5.71. The number of amides is 1. The van der Waals surface area contributed by atoms with Crippen LogP contribution in [0.1, 0.15) is 28.4 Å². The van der Waals surface area contributed by atoms with E-state index in [1.807, 2.05) is 25.2 Å². The van der Waals surface area contributed by atoms with Gasteiger partial charge in [-0.15, -0.1) is 0 Å². The number of ketones is 1. The molecule has 2 rings (SSSR count). The number of likely N-dealkylation sites (N-methyl/N-ethyl adjacent to an activating group) is 1. The molecule has 1 aliphatic rings. The Labute approximate surface area is 161 Å². The van der Waals surface area contributed by atoms with Crippen molar-refractivity contribution in [1.82, 2.24) is 10.2 Å². The number of nitrogens with one attached hydrogen (secondary N) is 1. The number of nitrogens with zero attached hydrogens (tertiary/aromatic N) is 1. The molecule has 7 nitrogen and oxygen atoms in total. The molecule has 27 heavy (non-hydrogen) atoms. The van der Waals surface area contributed by atoms with Crippen molar-refractivity contribution in [2.24, 2.45) is 0 Å². The lowest BCUT2D eigenvalue weighted by Crippen LogP contribution is -2.38. The largest absolute Gasteiger partial charge is 0.378 e. The van der Waals surface area contributed by atoms with Gasteiger partial charge in [-0.2, -0.15) is 0 Å². The summed E-state index contributed by atoms with van der Waals surface area (Å²) < 4.78 is 16.2. The Morgan fingerprint density at radius 1 is 1.07 bits per heavy atom. The number of carbonyl (C=O) groups is 2. The number of Topliss-reactive ketones (excluding diaryl/α,β-unsaturated/α-hetero) is 1. The molecule has 0 saturated heterocycles. The molecule has 0 saturated carbocycles.